The minimum atomic E-state index is -3.85. The van der Waals surface area contributed by atoms with Gasteiger partial charge in [0.25, 0.3) is 0 Å². The Labute approximate surface area is 165 Å². The van der Waals surface area contributed by atoms with Crippen molar-refractivity contribution in [1.82, 2.24) is 19.4 Å². The van der Waals surface area contributed by atoms with Crippen LogP contribution in [-0.2, 0) is 16.3 Å². The van der Waals surface area contributed by atoms with E-state index in [4.69, 9.17) is 0 Å². The fourth-order valence-electron chi connectivity index (χ4n) is 2.87. The minimum absolute atomic E-state index is 0.0368. The average Bonchev–Trinajstić information content (AvgIpc) is 3.20. The van der Waals surface area contributed by atoms with Crippen LogP contribution >= 0.6 is 0 Å². The van der Waals surface area contributed by atoms with Crippen LogP contribution in [0.4, 0.5) is 4.39 Å². The lowest BCUT2D eigenvalue weighted by molar-refractivity contribution is 0.0982. The van der Waals surface area contributed by atoms with Crippen LogP contribution in [0.25, 0.3) is 5.78 Å². The number of benzene rings is 1. The van der Waals surface area contributed by atoms with Gasteiger partial charge in [-0.3, -0.25) is 14.2 Å². The van der Waals surface area contributed by atoms with Crippen LogP contribution in [0.2, 0.25) is 0 Å². The third kappa shape index (κ3) is 3.90. The van der Waals surface area contributed by atoms with Gasteiger partial charge in [0.05, 0.1) is 21.6 Å². The second-order valence-electron chi connectivity index (χ2n) is 6.39. The van der Waals surface area contributed by atoms with Crippen molar-refractivity contribution in [2.45, 2.75) is 22.6 Å². The molecule has 1 aromatic carbocycles. The van der Waals surface area contributed by atoms with Gasteiger partial charge in [-0.1, -0.05) is 12.1 Å². The number of aromatic nitrogens is 4. The van der Waals surface area contributed by atoms with E-state index in [9.17, 15) is 17.6 Å². The second kappa shape index (κ2) is 7.51. The number of hydrogen-bond acceptors (Lipinski definition) is 6. The highest BCUT2D eigenvalue weighted by molar-refractivity contribution is 7.91. The van der Waals surface area contributed by atoms with Gasteiger partial charge in [0.1, 0.15) is 5.82 Å². The van der Waals surface area contributed by atoms with Crippen LogP contribution in [0.5, 0.6) is 0 Å². The molecule has 0 aliphatic heterocycles. The van der Waals surface area contributed by atoms with Crippen LogP contribution < -0.4 is 0 Å². The van der Waals surface area contributed by atoms with E-state index in [2.05, 4.69) is 15.0 Å². The van der Waals surface area contributed by atoms with Crippen molar-refractivity contribution < 1.29 is 17.6 Å². The molecule has 0 aliphatic carbocycles. The number of pyridine rings is 1. The Kier molecular flexibility index (Phi) is 4.89. The molecule has 0 unspecified atom stereocenters. The SMILES string of the molecule is O=C(CCc1ccc(S(=O)(=O)c2cncc(F)c2)cc1)c1cnc2nccn2c1. The summed E-state index contributed by atoms with van der Waals surface area (Å²) in [6.07, 6.45) is 9.24. The number of rotatable bonds is 6. The number of carbonyl (C=O) groups is 1. The fraction of sp³-hybridized carbons (Fsp3) is 0.100. The lowest BCUT2D eigenvalue weighted by Crippen LogP contribution is -2.05. The Hall–Kier alpha value is -3.46. The van der Waals surface area contributed by atoms with Gasteiger partial charge in [0, 0.05) is 37.4 Å². The molecule has 0 saturated heterocycles. The molecular weight excluding hydrogens is 395 g/mol. The lowest BCUT2D eigenvalue weighted by Gasteiger charge is -2.06. The highest BCUT2D eigenvalue weighted by Crippen LogP contribution is 2.21. The van der Waals surface area contributed by atoms with Crippen molar-refractivity contribution >= 4 is 21.4 Å². The summed E-state index contributed by atoms with van der Waals surface area (Å²) in [6, 6.07) is 7.10. The lowest BCUT2D eigenvalue weighted by atomic mass is 10.0. The largest absolute Gasteiger partial charge is 0.294 e. The predicted molar refractivity (Wildman–Crippen MR) is 102 cm³/mol. The molecule has 0 atom stereocenters. The Morgan fingerprint density at radius 3 is 2.59 bits per heavy atom. The van der Waals surface area contributed by atoms with Gasteiger partial charge < -0.3 is 0 Å². The number of Topliss-reactive ketones (excluding diaryl/α,β-unsaturated/α-hetero) is 1. The van der Waals surface area contributed by atoms with Gasteiger partial charge >= 0.3 is 0 Å². The Morgan fingerprint density at radius 2 is 1.83 bits per heavy atom. The minimum Gasteiger partial charge on any atom is -0.294 e. The van der Waals surface area contributed by atoms with Crippen LogP contribution in [0, 0.1) is 5.82 Å². The molecule has 0 bridgehead atoms. The molecule has 7 nitrogen and oxygen atoms in total. The Morgan fingerprint density at radius 1 is 1.03 bits per heavy atom. The quantitative estimate of drug-likeness (QED) is 0.454. The average molecular weight is 410 g/mol. The number of hydrogen-bond donors (Lipinski definition) is 0. The Bertz CT molecular complexity index is 1300. The molecule has 4 aromatic rings. The molecule has 4 rings (SSSR count). The van der Waals surface area contributed by atoms with E-state index in [-0.39, 0.29) is 22.0 Å². The maximum atomic E-state index is 13.3. The zero-order valence-corrected chi connectivity index (χ0v) is 15.9. The number of nitrogens with zero attached hydrogens (tertiary/aromatic N) is 4. The molecule has 0 N–H and O–H groups in total. The molecule has 0 fully saturated rings. The van der Waals surface area contributed by atoms with E-state index in [0.717, 1.165) is 24.0 Å². The van der Waals surface area contributed by atoms with Gasteiger partial charge in [-0.2, -0.15) is 0 Å². The molecule has 0 saturated carbocycles. The summed E-state index contributed by atoms with van der Waals surface area (Å²) in [7, 11) is -3.85. The first-order valence-corrected chi connectivity index (χ1v) is 10.2. The van der Waals surface area contributed by atoms with E-state index in [1.54, 1.807) is 35.1 Å². The van der Waals surface area contributed by atoms with Gasteiger partial charge in [-0.15, -0.1) is 0 Å². The molecule has 0 amide bonds. The number of ketones is 1. The zero-order valence-electron chi connectivity index (χ0n) is 15.1. The summed E-state index contributed by atoms with van der Waals surface area (Å²) >= 11 is 0. The topological polar surface area (TPSA) is 94.3 Å². The summed E-state index contributed by atoms with van der Waals surface area (Å²) in [4.78, 5) is 24.0. The number of aryl methyl sites for hydroxylation is 1. The summed E-state index contributed by atoms with van der Waals surface area (Å²) in [6.45, 7) is 0. The maximum Gasteiger partial charge on any atom is 0.233 e. The zero-order chi connectivity index (χ0) is 20.4. The van der Waals surface area contributed by atoms with E-state index in [0.29, 0.717) is 17.8 Å². The van der Waals surface area contributed by atoms with Crippen molar-refractivity contribution in [3.05, 3.63) is 84.5 Å². The maximum absolute atomic E-state index is 13.3. The Balaban J connectivity index is 1.46. The normalized spacial score (nSPS) is 11.6. The number of sulfone groups is 1. The number of halogens is 1. The van der Waals surface area contributed by atoms with Crippen molar-refractivity contribution in [3.63, 3.8) is 0 Å². The molecule has 9 heteroatoms. The molecule has 0 spiro atoms. The van der Waals surface area contributed by atoms with E-state index < -0.39 is 15.7 Å². The summed E-state index contributed by atoms with van der Waals surface area (Å²) in [5, 5.41) is 0. The monoisotopic (exact) mass is 410 g/mol. The smallest absolute Gasteiger partial charge is 0.233 e. The van der Waals surface area contributed by atoms with E-state index >= 15 is 0 Å². The van der Waals surface area contributed by atoms with Crippen LogP contribution in [0.3, 0.4) is 0 Å². The summed E-state index contributed by atoms with van der Waals surface area (Å²) in [5.74, 6) is -0.271. The summed E-state index contributed by atoms with van der Waals surface area (Å²) < 4.78 is 40.1. The predicted octanol–water partition coefficient (Wildman–Crippen LogP) is 2.91. The number of imidazole rings is 1. The van der Waals surface area contributed by atoms with Crippen molar-refractivity contribution in [1.29, 1.82) is 0 Å². The molecule has 29 heavy (non-hydrogen) atoms. The van der Waals surface area contributed by atoms with Crippen LogP contribution in [-0.4, -0.2) is 33.6 Å². The first-order valence-electron chi connectivity index (χ1n) is 8.70. The molecule has 0 aliphatic rings. The molecule has 0 radical (unpaired) electrons. The standard InChI is InChI=1S/C20H15FN4O3S/c21-16-9-18(12-22-11-16)29(27,28)17-4-1-14(2-5-17)3-6-19(26)15-10-24-20-23-7-8-25(20)13-15/h1-2,4-5,7-13H,3,6H2. The first kappa shape index (κ1) is 18.9. The van der Waals surface area contributed by atoms with Crippen LogP contribution in [0.15, 0.2) is 77.3 Å². The van der Waals surface area contributed by atoms with Crippen molar-refractivity contribution in [2.24, 2.45) is 0 Å². The van der Waals surface area contributed by atoms with Gasteiger partial charge in [0.15, 0.2) is 5.78 Å². The second-order valence-corrected chi connectivity index (χ2v) is 8.34. The van der Waals surface area contributed by atoms with Crippen molar-refractivity contribution in [2.75, 3.05) is 0 Å². The fourth-order valence-corrected chi connectivity index (χ4v) is 4.11. The van der Waals surface area contributed by atoms with E-state index in [1.807, 2.05) is 0 Å². The molecule has 146 valence electrons. The van der Waals surface area contributed by atoms with Crippen LogP contribution in [0.1, 0.15) is 22.3 Å². The molecule has 3 heterocycles. The van der Waals surface area contributed by atoms with E-state index in [1.165, 1.54) is 18.3 Å². The summed E-state index contributed by atoms with van der Waals surface area (Å²) in [5.41, 5.74) is 1.29. The third-order valence-corrected chi connectivity index (χ3v) is 6.17. The number of fused-ring (bicyclic) bond motifs is 1. The molecule has 3 aromatic heterocycles. The molecular formula is C20H15FN4O3S. The van der Waals surface area contributed by atoms with Gasteiger partial charge in [-0.25, -0.2) is 22.8 Å². The third-order valence-electron chi connectivity index (χ3n) is 4.43. The van der Waals surface area contributed by atoms with Gasteiger partial charge in [-0.05, 0) is 30.2 Å². The van der Waals surface area contributed by atoms with Gasteiger partial charge in [0.2, 0.25) is 15.6 Å². The highest BCUT2D eigenvalue weighted by atomic mass is 32.2. The highest BCUT2D eigenvalue weighted by Gasteiger charge is 2.18. The van der Waals surface area contributed by atoms with Crippen molar-refractivity contribution in [3.8, 4) is 0 Å². The first-order chi connectivity index (χ1) is 13.9. The number of carbonyl (C=O) groups excluding carboxylic acids is 1.